The predicted octanol–water partition coefficient (Wildman–Crippen LogP) is 3.70. The number of carbonyl (C=O) groups is 1. The van der Waals surface area contributed by atoms with Gasteiger partial charge in [-0.15, -0.1) is 0 Å². The molecule has 0 saturated carbocycles. The molecule has 5 aromatic rings. The topological polar surface area (TPSA) is 80.4 Å². The summed E-state index contributed by atoms with van der Waals surface area (Å²) < 4.78 is 11.3. The van der Waals surface area contributed by atoms with Gasteiger partial charge in [0.25, 0.3) is 5.91 Å². The summed E-state index contributed by atoms with van der Waals surface area (Å²) in [7, 11) is 1.86. The highest BCUT2D eigenvalue weighted by Gasteiger charge is 2.60. The van der Waals surface area contributed by atoms with E-state index in [9.17, 15) is 9.90 Å². The van der Waals surface area contributed by atoms with Crippen LogP contribution < -0.4 is 10.6 Å². The number of amides is 1. The van der Waals surface area contributed by atoms with Gasteiger partial charge in [0, 0.05) is 41.1 Å². The Hall–Kier alpha value is -3.39. The number of aliphatic hydroxyl groups is 1. The lowest BCUT2D eigenvalue weighted by Crippen LogP contribution is -2.55. The Morgan fingerprint density at radius 3 is 2.56 bits per heavy atom. The SMILES string of the molecule is CNC[C@@]1(O)C[C@H]2O[C@]1(C)n1c3ccccc3c3c4c(c5c6ccccc6n2c5c31)C(=O)NC4. The van der Waals surface area contributed by atoms with Crippen LogP contribution >= 0.6 is 0 Å². The van der Waals surface area contributed by atoms with Crippen molar-refractivity contribution in [2.75, 3.05) is 13.6 Å². The van der Waals surface area contributed by atoms with Crippen molar-refractivity contribution in [1.82, 2.24) is 19.8 Å². The van der Waals surface area contributed by atoms with E-state index in [4.69, 9.17) is 4.74 Å². The van der Waals surface area contributed by atoms with Crippen molar-refractivity contribution < 1.29 is 14.6 Å². The standard InChI is InChI=1S/C27H24N4O3/c1-26-27(33,13-28-2)11-19(34-26)30-17-9-5-3-7-14(17)21-22-16(12-29-25(22)32)20-15-8-4-6-10-18(15)31(26)24(20)23(21)30/h3-10,19,28,33H,11-13H2,1-2H3,(H,29,32)/t19-,26+,27+/m1/s1. The molecule has 3 aliphatic rings. The third-order valence-corrected chi connectivity index (χ3v) is 8.44. The van der Waals surface area contributed by atoms with Gasteiger partial charge in [-0.1, -0.05) is 36.4 Å². The van der Waals surface area contributed by atoms with Crippen LogP contribution in [-0.2, 0) is 17.0 Å². The summed E-state index contributed by atoms with van der Waals surface area (Å²) in [4.78, 5) is 13.2. The third kappa shape index (κ3) is 1.85. The normalized spacial score (nSPS) is 27.4. The molecule has 1 saturated heterocycles. The summed E-state index contributed by atoms with van der Waals surface area (Å²) in [6.45, 7) is 2.90. The number of hydrogen-bond acceptors (Lipinski definition) is 4. The molecular weight excluding hydrogens is 428 g/mol. The Morgan fingerprint density at radius 2 is 1.79 bits per heavy atom. The van der Waals surface area contributed by atoms with Gasteiger partial charge in [0.05, 0.1) is 27.6 Å². The van der Waals surface area contributed by atoms with Gasteiger partial charge < -0.3 is 29.6 Å². The maximum absolute atomic E-state index is 13.2. The smallest absolute Gasteiger partial charge is 0.252 e. The van der Waals surface area contributed by atoms with Crippen LogP contribution in [0.3, 0.4) is 0 Å². The van der Waals surface area contributed by atoms with Crippen molar-refractivity contribution in [1.29, 1.82) is 0 Å². The van der Waals surface area contributed by atoms with Crippen molar-refractivity contribution in [2.24, 2.45) is 0 Å². The maximum atomic E-state index is 13.2. The first-order valence-electron chi connectivity index (χ1n) is 11.8. The fourth-order valence-corrected chi connectivity index (χ4v) is 7.05. The van der Waals surface area contributed by atoms with Gasteiger partial charge in [-0.05, 0) is 31.7 Å². The number of rotatable bonds is 2. The molecule has 3 atom stereocenters. The highest BCUT2D eigenvalue weighted by atomic mass is 16.6. The highest BCUT2D eigenvalue weighted by Crippen LogP contribution is 2.57. The number of nitrogens with zero attached hydrogens (tertiary/aromatic N) is 2. The molecule has 34 heavy (non-hydrogen) atoms. The van der Waals surface area contributed by atoms with Crippen molar-refractivity contribution in [3.05, 3.63) is 59.7 Å². The van der Waals surface area contributed by atoms with E-state index in [1.54, 1.807) is 0 Å². The van der Waals surface area contributed by atoms with Crippen LogP contribution in [0.2, 0.25) is 0 Å². The maximum Gasteiger partial charge on any atom is 0.252 e. The minimum Gasteiger partial charge on any atom is -0.383 e. The third-order valence-electron chi connectivity index (χ3n) is 8.44. The number of ether oxygens (including phenoxy) is 1. The molecule has 0 spiro atoms. The minimum atomic E-state index is -1.14. The lowest BCUT2D eigenvalue weighted by atomic mass is 9.88. The molecule has 8 rings (SSSR count). The van der Waals surface area contributed by atoms with Gasteiger partial charge in [0.1, 0.15) is 11.8 Å². The number of carbonyl (C=O) groups excluding carboxylic acids is 1. The molecule has 3 aliphatic heterocycles. The molecule has 2 bridgehead atoms. The Morgan fingerprint density at radius 1 is 1.09 bits per heavy atom. The Labute approximate surface area is 194 Å². The summed E-state index contributed by atoms with van der Waals surface area (Å²) in [6.07, 6.45) is 0.0737. The van der Waals surface area contributed by atoms with Gasteiger partial charge in [0.15, 0.2) is 5.72 Å². The Kier molecular flexibility index (Phi) is 3.24. The molecule has 3 N–H and O–H groups in total. The number of para-hydroxylation sites is 2. The average Bonchev–Trinajstić information content (AvgIpc) is 3.51. The fraction of sp³-hybridized carbons (Fsp3) is 0.296. The van der Waals surface area contributed by atoms with E-state index >= 15 is 0 Å². The Bertz CT molecular complexity index is 1750. The van der Waals surface area contributed by atoms with Crippen LogP contribution in [0.5, 0.6) is 0 Å². The van der Waals surface area contributed by atoms with E-state index in [1.165, 1.54) is 0 Å². The van der Waals surface area contributed by atoms with E-state index in [-0.39, 0.29) is 12.1 Å². The number of hydrogen-bond donors (Lipinski definition) is 3. The largest absolute Gasteiger partial charge is 0.383 e. The molecule has 170 valence electrons. The van der Waals surface area contributed by atoms with Gasteiger partial charge >= 0.3 is 0 Å². The van der Waals surface area contributed by atoms with Crippen LogP contribution in [0.15, 0.2) is 48.5 Å². The second-order valence-corrected chi connectivity index (χ2v) is 10.0. The molecule has 7 nitrogen and oxygen atoms in total. The number of likely N-dealkylation sites (N-methyl/N-ethyl adjacent to an activating group) is 1. The molecule has 1 amide bonds. The minimum absolute atomic E-state index is 0.0233. The van der Waals surface area contributed by atoms with Crippen molar-refractivity contribution in [2.45, 2.75) is 37.4 Å². The first-order valence-corrected chi connectivity index (χ1v) is 11.8. The van der Waals surface area contributed by atoms with Crippen LogP contribution in [0.25, 0.3) is 43.6 Å². The van der Waals surface area contributed by atoms with Crippen LogP contribution in [0.4, 0.5) is 0 Å². The zero-order chi connectivity index (χ0) is 23.0. The van der Waals surface area contributed by atoms with E-state index in [2.05, 4.69) is 44.0 Å². The van der Waals surface area contributed by atoms with Crippen molar-refractivity contribution >= 4 is 49.5 Å². The van der Waals surface area contributed by atoms with Crippen molar-refractivity contribution in [3.63, 3.8) is 0 Å². The summed E-state index contributed by atoms with van der Waals surface area (Å²) in [5.74, 6) is -0.0233. The first kappa shape index (κ1) is 19.0. The van der Waals surface area contributed by atoms with Gasteiger partial charge in [-0.3, -0.25) is 4.79 Å². The Balaban J connectivity index is 1.74. The molecule has 2 aromatic heterocycles. The van der Waals surface area contributed by atoms with E-state index in [0.717, 1.165) is 54.7 Å². The van der Waals surface area contributed by atoms with Crippen LogP contribution in [0, 0.1) is 0 Å². The van der Waals surface area contributed by atoms with Gasteiger partial charge in [0.2, 0.25) is 0 Å². The molecule has 5 heterocycles. The molecule has 0 radical (unpaired) electrons. The summed E-state index contributed by atoms with van der Waals surface area (Å²) >= 11 is 0. The molecular formula is C27H24N4O3. The van der Waals surface area contributed by atoms with E-state index in [1.807, 2.05) is 38.2 Å². The van der Waals surface area contributed by atoms with Crippen molar-refractivity contribution in [3.8, 4) is 0 Å². The average molecular weight is 453 g/mol. The second kappa shape index (κ2) is 5.81. The summed E-state index contributed by atoms with van der Waals surface area (Å²) in [6, 6.07) is 16.5. The zero-order valence-corrected chi connectivity index (χ0v) is 19.0. The quantitative estimate of drug-likeness (QED) is 0.382. The molecule has 0 unspecified atom stereocenters. The number of fused-ring (bicyclic) bond motifs is 13. The van der Waals surface area contributed by atoms with Crippen LogP contribution in [-0.4, -0.2) is 39.3 Å². The predicted molar refractivity (Wildman–Crippen MR) is 131 cm³/mol. The first-order chi connectivity index (χ1) is 16.5. The monoisotopic (exact) mass is 452 g/mol. The number of nitrogens with one attached hydrogen (secondary N) is 2. The van der Waals surface area contributed by atoms with E-state index < -0.39 is 11.3 Å². The van der Waals surface area contributed by atoms with Gasteiger partial charge in [-0.25, -0.2) is 0 Å². The van der Waals surface area contributed by atoms with Gasteiger partial charge in [-0.2, -0.15) is 0 Å². The van der Waals surface area contributed by atoms with Crippen LogP contribution in [0.1, 0.15) is 35.5 Å². The lowest BCUT2D eigenvalue weighted by molar-refractivity contribution is -0.175. The molecule has 3 aromatic carbocycles. The fourth-order valence-electron chi connectivity index (χ4n) is 7.05. The lowest BCUT2D eigenvalue weighted by Gasteiger charge is -2.39. The number of aromatic nitrogens is 2. The zero-order valence-electron chi connectivity index (χ0n) is 19.0. The number of benzene rings is 3. The molecule has 0 aliphatic carbocycles. The summed E-state index contributed by atoms with van der Waals surface area (Å²) in [5.41, 5.74) is 3.74. The second-order valence-electron chi connectivity index (χ2n) is 10.0. The highest BCUT2D eigenvalue weighted by molar-refractivity contribution is 6.31. The van der Waals surface area contributed by atoms with E-state index in [0.29, 0.717) is 19.5 Å². The summed E-state index contributed by atoms with van der Waals surface area (Å²) in [5, 5.41) is 22.6. The molecule has 1 fully saturated rings. The molecule has 7 heteroatoms.